The van der Waals surface area contributed by atoms with Crippen LogP contribution in [0.15, 0.2) is 9.95 Å². The Labute approximate surface area is 191 Å². The van der Waals surface area contributed by atoms with Crippen LogP contribution in [0.2, 0.25) is 0 Å². The predicted molar refractivity (Wildman–Crippen MR) is 125 cm³/mol. The quantitative estimate of drug-likeness (QED) is 0.500. The number of carbonyl (C=O) groups excluding carboxylic acids is 1. The number of fused-ring (bicyclic) bond motifs is 3. The minimum atomic E-state index is 0.0571. The molecule has 168 valence electrons. The van der Waals surface area contributed by atoms with E-state index in [9.17, 15) is 9.59 Å². The van der Waals surface area contributed by atoms with Gasteiger partial charge in [-0.25, -0.2) is 4.98 Å². The Bertz CT molecular complexity index is 1020. The van der Waals surface area contributed by atoms with Crippen LogP contribution >= 0.6 is 23.1 Å². The molecule has 2 fully saturated rings. The largest absolute Gasteiger partial charge is 0.376 e. The highest BCUT2D eigenvalue weighted by Crippen LogP contribution is 2.35. The normalized spacial score (nSPS) is 22.2. The SMILES string of the molecule is CC1CCN(C(=O)CSc2nc3sc4c(c3c(=O)n2C[C@@H]2CCCO2)CCCC4)CC1. The minimum absolute atomic E-state index is 0.0571. The Morgan fingerprint density at radius 2 is 2.00 bits per heavy atom. The highest BCUT2D eigenvalue weighted by molar-refractivity contribution is 7.99. The summed E-state index contributed by atoms with van der Waals surface area (Å²) in [5.41, 5.74) is 1.28. The van der Waals surface area contributed by atoms with Crippen molar-refractivity contribution >= 4 is 39.2 Å². The highest BCUT2D eigenvalue weighted by atomic mass is 32.2. The molecule has 0 bridgehead atoms. The van der Waals surface area contributed by atoms with E-state index in [1.807, 2.05) is 4.90 Å². The molecule has 0 spiro atoms. The number of carbonyl (C=O) groups is 1. The number of hydrogen-bond acceptors (Lipinski definition) is 6. The smallest absolute Gasteiger partial charge is 0.263 e. The topological polar surface area (TPSA) is 64.4 Å². The summed E-state index contributed by atoms with van der Waals surface area (Å²) >= 11 is 3.10. The van der Waals surface area contributed by atoms with E-state index < -0.39 is 0 Å². The third-order valence-corrected chi connectivity index (χ3v) is 9.06. The summed E-state index contributed by atoms with van der Waals surface area (Å²) in [5, 5.41) is 1.49. The van der Waals surface area contributed by atoms with Gasteiger partial charge in [0.15, 0.2) is 5.16 Å². The van der Waals surface area contributed by atoms with Crippen molar-refractivity contribution in [2.75, 3.05) is 25.4 Å². The molecule has 2 saturated heterocycles. The van der Waals surface area contributed by atoms with E-state index in [1.54, 1.807) is 15.9 Å². The van der Waals surface area contributed by atoms with Gasteiger partial charge in [-0.15, -0.1) is 11.3 Å². The summed E-state index contributed by atoms with van der Waals surface area (Å²) in [6.45, 7) is 5.22. The standard InChI is InChI=1S/C23H31N3O3S2/c1-15-8-10-25(11-9-15)19(27)14-30-23-24-21-20(17-6-2-3-7-18(17)31-21)22(28)26(23)13-16-5-4-12-29-16/h15-16H,2-14H2,1H3/t16-/m0/s1. The molecule has 8 heteroatoms. The molecule has 0 saturated carbocycles. The maximum absolute atomic E-state index is 13.6. The Morgan fingerprint density at radius 1 is 1.19 bits per heavy atom. The van der Waals surface area contributed by atoms with Gasteiger partial charge in [0.1, 0.15) is 4.83 Å². The average Bonchev–Trinajstić information content (AvgIpc) is 3.42. The van der Waals surface area contributed by atoms with Crippen molar-refractivity contribution in [2.45, 2.75) is 76.1 Å². The molecule has 4 heterocycles. The summed E-state index contributed by atoms with van der Waals surface area (Å²) in [6, 6.07) is 0. The number of hydrogen-bond donors (Lipinski definition) is 0. The van der Waals surface area contributed by atoms with E-state index in [0.717, 1.165) is 74.9 Å². The van der Waals surface area contributed by atoms with Crippen LogP contribution in [0.3, 0.4) is 0 Å². The van der Waals surface area contributed by atoms with Crippen molar-refractivity contribution in [3.05, 3.63) is 20.8 Å². The first-order valence-corrected chi connectivity index (χ1v) is 13.5. The van der Waals surface area contributed by atoms with Crippen molar-refractivity contribution in [2.24, 2.45) is 5.92 Å². The zero-order valence-electron chi connectivity index (χ0n) is 18.2. The molecular formula is C23H31N3O3S2. The first-order valence-electron chi connectivity index (χ1n) is 11.7. The number of thiophene rings is 1. The number of piperidine rings is 1. The van der Waals surface area contributed by atoms with Gasteiger partial charge >= 0.3 is 0 Å². The molecule has 1 amide bonds. The van der Waals surface area contributed by atoms with Crippen LogP contribution in [0.4, 0.5) is 0 Å². The molecule has 0 N–H and O–H groups in total. The third-order valence-electron chi connectivity index (χ3n) is 6.91. The maximum Gasteiger partial charge on any atom is 0.263 e. The van der Waals surface area contributed by atoms with E-state index in [2.05, 4.69) is 6.92 Å². The Morgan fingerprint density at radius 3 is 2.77 bits per heavy atom. The van der Waals surface area contributed by atoms with Gasteiger partial charge in [-0.2, -0.15) is 0 Å². The van der Waals surface area contributed by atoms with Crippen LogP contribution in [0.25, 0.3) is 10.2 Å². The van der Waals surface area contributed by atoms with Crippen LogP contribution in [-0.4, -0.2) is 51.9 Å². The van der Waals surface area contributed by atoms with Crippen molar-refractivity contribution in [3.8, 4) is 0 Å². The molecule has 0 radical (unpaired) electrons. The molecule has 0 unspecified atom stereocenters. The van der Waals surface area contributed by atoms with Crippen molar-refractivity contribution in [3.63, 3.8) is 0 Å². The van der Waals surface area contributed by atoms with Gasteiger partial charge in [-0.05, 0) is 62.8 Å². The number of thioether (sulfide) groups is 1. The minimum Gasteiger partial charge on any atom is -0.376 e. The van der Waals surface area contributed by atoms with Gasteiger partial charge in [-0.3, -0.25) is 14.2 Å². The highest BCUT2D eigenvalue weighted by Gasteiger charge is 2.26. The Kier molecular flexibility index (Phi) is 6.40. The lowest BCUT2D eigenvalue weighted by atomic mass is 9.97. The Hall–Kier alpha value is -1.38. The van der Waals surface area contributed by atoms with E-state index in [4.69, 9.17) is 9.72 Å². The zero-order chi connectivity index (χ0) is 21.4. The molecule has 2 aromatic rings. The maximum atomic E-state index is 13.6. The van der Waals surface area contributed by atoms with E-state index in [-0.39, 0.29) is 17.6 Å². The molecular weight excluding hydrogens is 430 g/mol. The van der Waals surface area contributed by atoms with Crippen LogP contribution in [0, 0.1) is 5.92 Å². The lowest BCUT2D eigenvalue weighted by molar-refractivity contribution is -0.129. The number of rotatable bonds is 5. The molecule has 3 aliphatic rings. The fraction of sp³-hybridized carbons (Fsp3) is 0.696. The molecule has 5 rings (SSSR count). The molecule has 1 atom stereocenters. The number of amides is 1. The first-order chi connectivity index (χ1) is 15.1. The van der Waals surface area contributed by atoms with Gasteiger partial charge in [0.25, 0.3) is 5.56 Å². The second-order valence-electron chi connectivity index (χ2n) is 9.19. The summed E-state index contributed by atoms with van der Waals surface area (Å²) in [4.78, 5) is 35.5. The number of aryl methyl sites for hydroxylation is 2. The van der Waals surface area contributed by atoms with Gasteiger partial charge in [0, 0.05) is 24.6 Å². The average molecular weight is 462 g/mol. The van der Waals surface area contributed by atoms with Crippen LogP contribution in [0.1, 0.15) is 55.9 Å². The fourth-order valence-corrected chi connectivity index (χ4v) is 7.17. The van der Waals surface area contributed by atoms with Gasteiger partial charge in [0.05, 0.1) is 23.8 Å². The summed E-state index contributed by atoms with van der Waals surface area (Å²) in [5.74, 6) is 1.19. The van der Waals surface area contributed by atoms with Gasteiger partial charge in [0.2, 0.25) is 5.91 Å². The second-order valence-corrected chi connectivity index (χ2v) is 11.2. The number of ether oxygens (including phenoxy) is 1. The Balaban J connectivity index is 1.43. The number of nitrogens with zero attached hydrogens (tertiary/aromatic N) is 3. The van der Waals surface area contributed by atoms with Crippen LogP contribution in [0.5, 0.6) is 0 Å². The molecule has 6 nitrogen and oxygen atoms in total. The molecule has 0 aromatic carbocycles. The number of aromatic nitrogens is 2. The van der Waals surface area contributed by atoms with Gasteiger partial charge < -0.3 is 9.64 Å². The summed E-state index contributed by atoms with van der Waals surface area (Å²) < 4.78 is 7.64. The summed E-state index contributed by atoms with van der Waals surface area (Å²) in [7, 11) is 0. The lowest BCUT2D eigenvalue weighted by Crippen LogP contribution is -2.39. The summed E-state index contributed by atoms with van der Waals surface area (Å²) in [6.07, 6.45) is 8.58. The molecule has 31 heavy (non-hydrogen) atoms. The molecule has 2 aromatic heterocycles. The van der Waals surface area contributed by atoms with Crippen LogP contribution in [-0.2, 0) is 28.9 Å². The van der Waals surface area contributed by atoms with Gasteiger partial charge in [-0.1, -0.05) is 18.7 Å². The lowest BCUT2D eigenvalue weighted by Gasteiger charge is -2.30. The third kappa shape index (κ3) is 4.44. The number of likely N-dealkylation sites (tertiary alicyclic amines) is 1. The molecule has 2 aliphatic heterocycles. The first kappa shape index (κ1) is 21.5. The van der Waals surface area contributed by atoms with Crippen LogP contribution < -0.4 is 5.56 Å². The molecule has 1 aliphatic carbocycles. The second kappa shape index (κ2) is 9.24. The predicted octanol–water partition coefficient (Wildman–Crippen LogP) is 3.87. The zero-order valence-corrected chi connectivity index (χ0v) is 19.9. The van der Waals surface area contributed by atoms with E-state index >= 15 is 0 Å². The van der Waals surface area contributed by atoms with Crippen molar-refractivity contribution in [1.29, 1.82) is 0 Å². The van der Waals surface area contributed by atoms with E-state index in [0.29, 0.717) is 23.4 Å². The van der Waals surface area contributed by atoms with Crippen molar-refractivity contribution < 1.29 is 9.53 Å². The van der Waals surface area contributed by atoms with Crippen molar-refractivity contribution in [1.82, 2.24) is 14.5 Å². The monoisotopic (exact) mass is 461 g/mol. The van der Waals surface area contributed by atoms with E-state index in [1.165, 1.54) is 28.6 Å². The fourth-order valence-electron chi connectivity index (χ4n) is 4.96.